The summed E-state index contributed by atoms with van der Waals surface area (Å²) in [5.74, 6) is -0.882. The number of hydrogen-bond donors (Lipinski definition) is 2. The van der Waals surface area contributed by atoms with Gasteiger partial charge < -0.3 is 15.4 Å². The minimum atomic E-state index is -3.06. The second-order valence-corrected chi connectivity index (χ2v) is 4.52. The molecule has 0 heterocycles. The molecule has 0 aromatic carbocycles. The Hall–Kier alpha value is -1.35. The lowest BCUT2D eigenvalue weighted by atomic mass is 10.2. The van der Waals surface area contributed by atoms with Crippen LogP contribution in [-0.4, -0.2) is 37.3 Å². The van der Waals surface area contributed by atoms with Gasteiger partial charge in [-0.1, -0.05) is 5.92 Å². The van der Waals surface area contributed by atoms with Crippen LogP contribution in [0.2, 0.25) is 0 Å². The lowest BCUT2D eigenvalue weighted by molar-refractivity contribution is -0.00269. The summed E-state index contributed by atoms with van der Waals surface area (Å²) in [6.45, 7) is 3.63. The van der Waals surface area contributed by atoms with Gasteiger partial charge in [0.25, 0.3) is 5.92 Å². The van der Waals surface area contributed by atoms with Crippen LogP contribution in [0.4, 0.5) is 13.6 Å². The minimum Gasteiger partial charge on any atom is -0.444 e. The molecule has 0 spiro atoms. The van der Waals surface area contributed by atoms with E-state index in [0.717, 1.165) is 0 Å². The van der Waals surface area contributed by atoms with Crippen molar-refractivity contribution in [3.63, 3.8) is 0 Å². The number of ether oxygens (including phenoxy) is 1. The molecule has 0 aliphatic heterocycles. The molecule has 2 N–H and O–H groups in total. The molecule has 0 aliphatic rings. The topological polar surface area (TPSA) is 50.4 Å². The van der Waals surface area contributed by atoms with Crippen molar-refractivity contribution < 1.29 is 18.3 Å². The zero-order chi connectivity index (χ0) is 13.5. The van der Waals surface area contributed by atoms with E-state index in [1.54, 1.807) is 20.8 Å². The number of alkyl halides is 2. The van der Waals surface area contributed by atoms with Crippen LogP contribution in [0.5, 0.6) is 0 Å². The predicted octanol–water partition coefficient (Wildman–Crippen LogP) is 1.37. The van der Waals surface area contributed by atoms with Gasteiger partial charge in [0.2, 0.25) is 0 Å². The van der Waals surface area contributed by atoms with Gasteiger partial charge in [-0.05, 0) is 20.8 Å². The van der Waals surface area contributed by atoms with E-state index in [0.29, 0.717) is 0 Å². The Morgan fingerprint density at radius 2 is 1.94 bits per heavy atom. The van der Waals surface area contributed by atoms with Crippen molar-refractivity contribution >= 4 is 6.09 Å². The number of rotatable bonds is 5. The fraction of sp³-hybridized carbons (Fsp3) is 0.727. The highest BCUT2D eigenvalue weighted by Gasteiger charge is 2.29. The molecule has 1 amide bonds. The SMILES string of the molecule is C#CCNCC(F)(F)CNC(=O)OC(C)(C)C. The van der Waals surface area contributed by atoms with Gasteiger partial charge in [-0.3, -0.25) is 0 Å². The van der Waals surface area contributed by atoms with E-state index in [1.165, 1.54) is 0 Å². The molecule has 0 saturated carbocycles. The summed E-state index contributed by atoms with van der Waals surface area (Å²) in [5, 5.41) is 4.37. The zero-order valence-electron chi connectivity index (χ0n) is 10.3. The Morgan fingerprint density at radius 1 is 1.35 bits per heavy atom. The maximum atomic E-state index is 13.1. The Kier molecular flexibility index (Phi) is 5.89. The van der Waals surface area contributed by atoms with Crippen LogP contribution < -0.4 is 10.6 Å². The van der Waals surface area contributed by atoms with E-state index in [2.05, 4.69) is 11.2 Å². The van der Waals surface area contributed by atoms with Gasteiger partial charge in [0, 0.05) is 0 Å². The van der Waals surface area contributed by atoms with Gasteiger partial charge in [0.05, 0.1) is 19.6 Å². The molecular formula is C11H18F2N2O2. The maximum Gasteiger partial charge on any atom is 0.407 e. The van der Waals surface area contributed by atoms with Gasteiger partial charge in [0.15, 0.2) is 0 Å². The Labute approximate surface area is 100 Å². The molecule has 0 radical (unpaired) electrons. The number of nitrogens with one attached hydrogen (secondary N) is 2. The zero-order valence-corrected chi connectivity index (χ0v) is 10.3. The summed E-state index contributed by atoms with van der Waals surface area (Å²) in [6.07, 6.45) is 4.04. The number of hydrogen-bond acceptors (Lipinski definition) is 3. The fourth-order valence-electron chi connectivity index (χ4n) is 0.896. The average molecular weight is 248 g/mol. The van der Waals surface area contributed by atoms with Crippen LogP contribution in [0, 0.1) is 12.3 Å². The number of amides is 1. The van der Waals surface area contributed by atoms with Crippen LogP contribution in [0.15, 0.2) is 0 Å². The number of carbonyl (C=O) groups is 1. The Morgan fingerprint density at radius 3 is 2.41 bits per heavy atom. The molecule has 0 rings (SSSR count). The Bertz CT molecular complexity index is 293. The monoisotopic (exact) mass is 248 g/mol. The number of halogens is 2. The van der Waals surface area contributed by atoms with Crippen LogP contribution in [0.25, 0.3) is 0 Å². The van der Waals surface area contributed by atoms with Gasteiger partial charge in [0.1, 0.15) is 5.60 Å². The summed E-state index contributed by atoms with van der Waals surface area (Å²) in [5.41, 5.74) is -0.707. The van der Waals surface area contributed by atoms with Crippen molar-refractivity contribution in [3.05, 3.63) is 0 Å². The first-order valence-corrected chi connectivity index (χ1v) is 5.15. The molecule has 0 aromatic rings. The van der Waals surface area contributed by atoms with Gasteiger partial charge in [-0.25, -0.2) is 13.6 Å². The largest absolute Gasteiger partial charge is 0.444 e. The predicted molar refractivity (Wildman–Crippen MR) is 60.9 cm³/mol. The average Bonchev–Trinajstić information content (AvgIpc) is 2.13. The van der Waals surface area contributed by atoms with Crippen LogP contribution in [0.1, 0.15) is 20.8 Å². The van der Waals surface area contributed by atoms with Crippen LogP contribution in [-0.2, 0) is 4.74 Å². The molecule has 0 fully saturated rings. The van der Waals surface area contributed by atoms with Crippen molar-refractivity contribution in [2.45, 2.75) is 32.3 Å². The van der Waals surface area contributed by atoms with E-state index in [4.69, 9.17) is 11.2 Å². The normalized spacial score (nSPS) is 11.8. The van der Waals surface area contributed by atoms with Gasteiger partial charge >= 0.3 is 6.09 Å². The summed E-state index contributed by atoms with van der Waals surface area (Å²) in [6, 6.07) is 0. The minimum absolute atomic E-state index is 0.0576. The lowest BCUT2D eigenvalue weighted by Gasteiger charge is -2.21. The third-order valence-electron chi connectivity index (χ3n) is 1.50. The summed E-state index contributed by atoms with van der Waals surface area (Å²) < 4.78 is 31.1. The highest BCUT2D eigenvalue weighted by molar-refractivity contribution is 5.67. The van der Waals surface area contributed by atoms with Crippen molar-refractivity contribution in [2.24, 2.45) is 0 Å². The first kappa shape index (κ1) is 15.7. The smallest absolute Gasteiger partial charge is 0.407 e. The summed E-state index contributed by atoms with van der Waals surface area (Å²) >= 11 is 0. The molecular weight excluding hydrogens is 230 g/mol. The molecule has 4 nitrogen and oxygen atoms in total. The molecule has 0 bridgehead atoms. The van der Waals surface area contributed by atoms with Crippen molar-refractivity contribution in [3.8, 4) is 12.3 Å². The highest BCUT2D eigenvalue weighted by Crippen LogP contribution is 2.11. The van der Waals surface area contributed by atoms with Crippen LogP contribution in [0.3, 0.4) is 0 Å². The summed E-state index contributed by atoms with van der Waals surface area (Å²) in [7, 11) is 0. The molecule has 0 aliphatic carbocycles. The highest BCUT2D eigenvalue weighted by atomic mass is 19.3. The molecule has 98 valence electrons. The fourth-order valence-corrected chi connectivity index (χ4v) is 0.896. The second kappa shape index (κ2) is 6.40. The maximum absolute atomic E-state index is 13.1. The van der Waals surface area contributed by atoms with Crippen molar-refractivity contribution in [2.75, 3.05) is 19.6 Å². The molecule has 0 saturated heterocycles. The second-order valence-electron chi connectivity index (χ2n) is 4.52. The first-order chi connectivity index (χ1) is 7.66. The third kappa shape index (κ3) is 9.57. The van der Waals surface area contributed by atoms with E-state index in [1.807, 2.05) is 5.32 Å². The lowest BCUT2D eigenvalue weighted by Crippen LogP contribution is -2.44. The van der Waals surface area contributed by atoms with E-state index < -0.39 is 30.7 Å². The number of terminal acetylenes is 1. The molecule has 17 heavy (non-hydrogen) atoms. The number of carbonyl (C=O) groups excluding carboxylic acids is 1. The van der Waals surface area contributed by atoms with Crippen molar-refractivity contribution in [1.29, 1.82) is 0 Å². The first-order valence-electron chi connectivity index (χ1n) is 5.15. The summed E-state index contributed by atoms with van der Waals surface area (Å²) in [4.78, 5) is 11.1. The molecule has 6 heteroatoms. The Balaban J connectivity index is 3.93. The molecule has 0 unspecified atom stereocenters. The third-order valence-corrected chi connectivity index (χ3v) is 1.50. The van der Waals surface area contributed by atoms with Gasteiger partial charge in [-0.15, -0.1) is 6.42 Å². The van der Waals surface area contributed by atoms with E-state index in [-0.39, 0.29) is 6.54 Å². The standard InChI is InChI=1S/C11H18F2N2O2/c1-5-6-14-7-11(12,13)8-15-9(16)17-10(2,3)4/h1,14H,6-8H2,2-4H3,(H,15,16). The quantitative estimate of drug-likeness (QED) is 0.570. The molecule has 0 atom stereocenters. The van der Waals surface area contributed by atoms with Crippen LogP contribution >= 0.6 is 0 Å². The number of alkyl carbamates (subject to hydrolysis) is 1. The van der Waals surface area contributed by atoms with Crippen molar-refractivity contribution in [1.82, 2.24) is 10.6 Å². The van der Waals surface area contributed by atoms with Gasteiger partial charge in [-0.2, -0.15) is 0 Å². The molecule has 0 aromatic heterocycles. The van der Waals surface area contributed by atoms with E-state index in [9.17, 15) is 13.6 Å². The van der Waals surface area contributed by atoms with E-state index >= 15 is 0 Å².